The molecular formula is C9H3Cl2F3O2. The summed E-state index contributed by atoms with van der Waals surface area (Å²) < 4.78 is 44.7. The van der Waals surface area contributed by atoms with Crippen molar-refractivity contribution in [3.63, 3.8) is 0 Å². The molecule has 2 nitrogen and oxygen atoms in total. The summed E-state index contributed by atoms with van der Waals surface area (Å²) >= 11 is 11.4. The normalized spacial score (nSPS) is 12.1. The van der Waals surface area contributed by atoms with Crippen LogP contribution in [0.15, 0.2) is 22.8 Å². The van der Waals surface area contributed by atoms with Gasteiger partial charge in [0.2, 0.25) is 0 Å². The fourth-order valence-corrected chi connectivity index (χ4v) is 1.67. The Morgan fingerprint density at radius 3 is 2.50 bits per heavy atom. The number of alkyl halides is 3. The number of rotatable bonds is 1. The number of benzene rings is 1. The maximum Gasteiger partial charge on any atom is 0.573 e. The van der Waals surface area contributed by atoms with Crippen LogP contribution in [0.4, 0.5) is 13.2 Å². The second kappa shape index (κ2) is 3.75. The first-order chi connectivity index (χ1) is 7.38. The maximum absolute atomic E-state index is 12.0. The average molecular weight is 271 g/mol. The largest absolute Gasteiger partial charge is 0.573 e. The monoisotopic (exact) mass is 270 g/mol. The Bertz CT molecular complexity index is 533. The molecule has 0 saturated heterocycles. The number of furan rings is 1. The van der Waals surface area contributed by atoms with Crippen LogP contribution >= 0.6 is 23.2 Å². The van der Waals surface area contributed by atoms with Gasteiger partial charge in [-0.1, -0.05) is 23.2 Å². The van der Waals surface area contributed by atoms with E-state index in [9.17, 15) is 13.2 Å². The van der Waals surface area contributed by atoms with Crippen LogP contribution in [0.25, 0.3) is 11.0 Å². The molecule has 2 aromatic rings. The molecule has 0 aliphatic heterocycles. The van der Waals surface area contributed by atoms with Gasteiger partial charge in [0.1, 0.15) is 10.6 Å². The Balaban J connectivity index is 2.57. The summed E-state index contributed by atoms with van der Waals surface area (Å²) in [5.74, 6) is -0.582. The lowest BCUT2D eigenvalue weighted by atomic mass is 10.2. The van der Waals surface area contributed by atoms with Gasteiger partial charge in [0, 0.05) is 11.5 Å². The predicted octanol–water partition coefficient (Wildman–Crippen LogP) is 4.64. The number of hydrogen-bond acceptors (Lipinski definition) is 2. The van der Waals surface area contributed by atoms with Crippen LogP contribution in [0.5, 0.6) is 5.75 Å². The highest BCUT2D eigenvalue weighted by Crippen LogP contribution is 2.40. The Labute approximate surface area is 97.5 Å². The Morgan fingerprint density at radius 1 is 1.19 bits per heavy atom. The van der Waals surface area contributed by atoms with Crippen molar-refractivity contribution in [2.45, 2.75) is 6.36 Å². The van der Waals surface area contributed by atoms with Crippen LogP contribution in [-0.4, -0.2) is 6.36 Å². The highest BCUT2D eigenvalue weighted by atomic mass is 35.5. The van der Waals surface area contributed by atoms with Crippen LogP contribution in [0.1, 0.15) is 0 Å². The molecule has 0 atom stereocenters. The molecule has 2 rings (SSSR count). The molecule has 1 heterocycles. The van der Waals surface area contributed by atoms with Crippen molar-refractivity contribution < 1.29 is 22.3 Å². The van der Waals surface area contributed by atoms with E-state index in [1.165, 1.54) is 12.3 Å². The molecular weight excluding hydrogens is 268 g/mol. The van der Waals surface area contributed by atoms with E-state index < -0.39 is 12.1 Å². The molecule has 0 unspecified atom stereocenters. The van der Waals surface area contributed by atoms with Crippen molar-refractivity contribution in [3.8, 4) is 5.75 Å². The molecule has 1 aromatic carbocycles. The van der Waals surface area contributed by atoms with Gasteiger partial charge in [0.25, 0.3) is 0 Å². The van der Waals surface area contributed by atoms with Crippen molar-refractivity contribution in [2.24, 2.45) is 0 Å². The van der Waals surface area contributed by atoms with Gasteiger partial charge in [-0.3, -0.25) is 0 Å². The first kappa shape index (κ1) is 11.4. The first-order valence-corrected chi connectivity index (χ1v) is 4.75. The highest BCUT2D eigenvalue weighted by molar-refractivity contribution is 6.46. The molecule has 0 fully saturated rings. The lowest BCUT2D eigenvalue weighted by Gasteiger charge is -2.11. The molecule has 0 bridgehead atoms. The van der Waals surface area contributed by atoms with Gasteiger partial charge in [0.15, 0.2) is 5.75 Å². The van der Waals surface area contributed by atoms with Gasteiger partial charge in [0.05, 0.1) is 11.3 Å². The molecule has 0 amide bonds. The maximum atomic E-state index is 12.0. The summed E-state index contributed by atoms with van der Waals surface area (Å²) in [4.78, 5) is 0. The fraction of sp³-hybridized carbons (Fsp3) is 0.111. The van der Waals surface area contributed by atoms with Crippen LogP contribution < -0.4 is 4.74 Å². The quantitative estimate of drug-likeness (QED) is 0.753. The Morgan fingerprint density at radius 2 is 1.88 bits per heavy atom. The lowest BCUT2D eigenvalue weighted by Crippen LogP contribution is -2.17. The average Bonchev–Trinajstić information content (AvgIpc) is 2.59. The van der Waals surface area contributed by atoms with Crippen molar-refractivity contribution in [3.05, 3.63) is 28.4 Å². The molecule has 86 valence electrons. The molecule has 0 radical (unpaired) electrons. The summed E-state index contributed by atoms with van der Waals surface area (Å²) in [7, 11) is 0. The van der Waals surface area contributed by atoms with Gasteiger partial charge < -0.3 is 9.15 Å². The van der Waals surface area contributed by atoms with Gasteiger partial charge in [-0.2, -0.15) is 0 Å². The van der Waals surface area contributed by atoms with E-state index in [4.69, 9.17) is 27.6 Å². The van der Waals surface area contributed by atoms with E-state index in [2.05, 4.69) is 4.74 Å². The van der Waals surface area contributed by atoms with Crippen LogP contribution in [-0.2, 0) is 0 Å². The predicted molar refractivity (Wildman–Crippen MR) is 52.9 cm³/mol. The third kappa shape index (κ3) is 2.05. The summed E-state index contributed by atoms with van der Waals surface area (Å²) in [6.45, 7) is 0. The molecule has 16 heavy (non-hydrogen) atoms. The summed E-state index contributed by atoms with van der Waals surface area (Å²) in [6.07, 6.45) is -3.53. The standard InChI is InChI=1S/C9H3Cl2F3O2/c10-7-4-1-2-15-5(4)3-6(8(7)11)16-9(12,13)14/h1-3H. The topological polar surface area (TPSA) is 22.4 Å². The molecule has 1 aromatic heterocycles. The van der Waals surface area contributed by atoms with Gasteiger partial charge in [-0.15, -0.1) is 13.2 Å². The zero-order chi connectivity index (χ0) is 11.9. The van der Waals surface area contributed by atoms with Crippen molar-refractivity contribution in [1.82, 2.24) is 0 Å². The van der Waals surface area contributed by atoms with Crippen molar-refractivity contribution >= 4 is 34.2 Å². The lowest BCUT2D eigenvalue weighted by molar-refractivity contribution is -0.274. The third-order valence-electron chi connectivity index (χ3n) is 1.83. The molecule has 0 aliphatic rings. The van der Waals surface area contributed by atoms with Crippen molar-refractivity contribution in [2.75, 3.05) is 0 Å². The molecule has 0 spiro atoms. The van der Waals surface area contributed by atoms with E-state index in [0.29, 0.717) is 5.39 Å². The van der Waals surface area contributed by atoms with Crippen molar-refractivity contribution in [1.29, 1.82) is 0 Å². The highest BCUT2D eigenvalue weighted by Gasteiger charge is 2.33. The fourth-order valence-electron chi connectivity index (χ4n) is 1.22. The Kier molecular flexibility index (Phi) is 2.67. The van der Waals surface area contributed by atoms with E-state index in [1.54, 1.807) is 0 Å². The SMILES string of the molecule is FC(F)(F)Oc1cc2occc2c(Cl)c1Cl. The second-order valence-electron chi connectivity index (χ2n) is 2.88. The van der Waals surface area contributed by atoms with E-state index in [-0.39, 0.29) is 15.6 Å². The van der Waals surface area contributed by atoms with Gasteiger partial charge in [-0.25, -0.2) is 0 Å². The molecule has 7 heteroatoms. The van der Waals surface area contributed by atoms with Gasteiger partial charge >= 0.3 is 6.36 Å². The van der Waals surface area contributed by atoms with E-state index in [0.717, 1.165) is 6.07 Å². The van der Waals surface area contributed by atoms with Crippen LogP contribution in [0.3, 0.4) is 0 Å². The summed E-state index contributed by atoms with van der Waals surface area (Å²) in [5.41, 5.74) is 0.175. The minimum Gasteiger partial charge on any atom is -0.464 e. The minimum atomic E-state index is -4.83. The van der Waals surface area contributed by atoms with E-state index in [1.807, 2.05) is 0 Å². The molecule has 0 saturated carbocycles. The first-order valence-electron chi connectivity index (χ1n) is 3.99. The van der Waals surface area contributed by atoms with Gasteiger partial charge in [-0.05, 0) is 6.07 Å². The van der Waals surface area contributed by atoms with Crippen LogP contribution in [0, 0.1) is 0 Å². The zero-order valence-corrected chi connectivity index (χ0v) is 8.95. The minimum absolute atomic E-state index is 0.0350. The Hall–Kier alpha value is -1.07. The van der Waals surface area contributed by atoms with Crippen LogP contribution in [0.2, 0.25) is 10.0 Å². The smallest absolute Gasteiger partial charge is 0.464 e. The van der Waals surface area contributed by atoms with E-state index >= 15 is 0 Å². The number of fused-ring (bicyclic) bond motifs is 1. The number of halogens is 5. The zero-order valence-electron chi connectivity index (χ0n) is 7.44. The molecule has 0 aliphatic carbocycles. The third-order valence-corrected chi connectivity index (χ3v) is 2.69. The molecule has 0 N–H and O–H groups in total. The number of hydrogen-bond donors (Lipinski definition) is 0. The number of ether oxygens (including phenoxy) is 1. The summed E-state index contributed by atoms with van der Waals surface area (Å²) in [6, 6.07) is 2.54. The summed E-state index contributed by atoms with van der Waals surface area (Å²) in [5, 5.41) is 0.0984. The second-order valence-corrected chi connectivity index (χ2v) is 3.64.